The Balaban J connectivity index is 3.63. The van der Waals surface area contributed by atoms with Crippen LogP contribution in [0.5, 0.6) is 0 Å². The molecule has 0 aromatic heterocycles. The van der Waals surface area contributed by atoms with Crippen molar-refractivity contribution in [3.05, 3.63) is 12.2 Å². The Labute approximate surface area is 95.6 Å². The normalized spacial score (nSPS) is 14.7. The number of aliphatic hydroxyl groups excluding tert-OH is 1. The Morgan fingerprint density at radius 3 is 2.47 bits per heavy atom. The number of rotatable bonds is 8. The fraction of sp³-hybridized carbons (Fsp3) is 0.857. The van der Waals surface area contributed by atoms with Gasteiger partial charge in [-0.2, -0.15) is 0 Å². The van der Waals surface area contributed by atoms with Crippen LogP contribution in [0.4, 0.5) is 0 Å². The van der Waals surface area contributed by atoms with Crippen LogP contribution in [0.1, 0.15) is 59.8 Å². The molecule has 1 unspecified atom stereocenters. The van der Waals surface area contributed by atoms with E-state index in [1.54, 1.807) is 0 Å². The summed E-state index contributed by atoms with van der Waals surface area (Å²) in [7, 11) is 0. The molecule has 0 saturated carbocycles. The highest BCUT2D eigenvalue weighted by atomic mass is 16.3. The van der Waals surface area contributed by atoms with E-state index in [0.717, 1.165) is 6.42 Å². The summed E-state index contributed by atoms with van der Waals surface area (Å²) >= 11 is 0. The second-order valence-corrected chi connectivity index (χ2v) is 5.45. The van der Waals surface area contributed by atoms with Gasteiger partial charge in [0.15, 0.2) is 0 Å². The maximum atomic E-state index is 8.93. The van der Waals surface area contributed by atoms with Crippen LogP contribution in [0.15, 0.2) is 12.2 Å². The van der Waals surface area contributed by atoms with Crippen LogP contribution in [0.3, 0.4) is 0 Å². The Bertz CT molecular complexity index is 170. The van der Waals surface area contributed by atoms with Crippen molar-refractivity contribution >= 4 is 0 Å². The second kappa shape index (κ2) is 7.92. The third kappa shape index (κ3) is 8.68. The number of hydrogen-bond donors (Lipinski definition) is 1. The molecule has 0 saturated heterocycles. The van der Waals surface area contributed by atoms with Crippen LogP contribution in [0, 0.1) is 11.3 Å². The standard InChI is InChI=1S/C14H28O/c1-5-6-7-10-14(3,4)11-8-9-13(2)12-15/h5-6,13,15H,7-12H2,1-4H3/b6-5+. The highest BCUT2D eigenvalue weighted by Gasteiger charge is 2.16. The van der Waals surface area contributed by atoms with Gasteiger partial charge in [0.05, 0.1) is 0 Å². The molecule has 0 aliphatic rings. The Morgan fingerprint density at radius 1 is 1.27 bits per heavy atom. The highest BCUT2D eigenvalue weighted by Crippen LogP contribution is 2.29. The molecule has 0 rings (SSSR count). The number of aliphatic hydroxyl groups is 1. The average Bonchev–Trinajstić information content (AvgIpc) is 2.17. The van der Waals surface area contributed by atoms with Gasteiger partial charge in [0.2, 0.25) is 0 Å². The lowest BCUT2D eigenvalue weighted by molar-refractivity contribution is 0.216. The van der Waals surface area contributed by atoms with Crippen LogP contribution in [-0.4, -0.2) is 11.7 Å². The van der Waals surface area contributed by atoms with Gasteiger partial charge in [-0.15, -0.1) is 0 Å². The summed E-state index contributed by atoms with van der Waals surface area (Å²) in [6.07, 6.45) is 10.5. The van der Waals surface area contributed by atoms with Gasteiger partial charge >= 0.3 is 0 Å². The van der Waals surface area contributed by atoms with Crippen molar-refractivity contribution in [1.29, 1.82) is 0 Å². The van der Waals surface area contributed by atoms with Gasteiger partial charge in [0, 0.05) is 6.61 Å². The van der Waals surface area contributed by atoms with Gasteiger partial charge < -0.3 is 5.11 Å². The first kappa shape index (κ1) is 14.7. The minimum Gasteiger partial charge on any atom is -0.396 e. The van der Waals surface area contributed by atoms with Crippen molar-refractivity contribution in [2.75, 3.05) is 6.61 Å². The van der Waals surface area contributed by atoms with E-state index in [4.69, 9.17) is 5.11 Å². The molecule has 1 atom stereocenters. The van der Waals surface area contributed by atoms with Gasteiger partial charge in [-0.3, -0.25) is 0 Å². The van der Waals surface area contributed by atoms with E-state index in [9.17, 15) is 0 Å². The molecule has 15 heavy (non-hydrogen) atoms. The van der Waals surface area contributed by atoms with Crippen LogP contribution < -0.4 is 0 Å². The quantitative estimate of drug-likeness (QED) is 0.599. The van der Waals surface area contributed by atoms with E-state index in [1.807, 2.05) is 0 Å². The van der Waals surface area contributed by atoms with Crippen LogP contribution in [0.25, 0.3) is 0 Å². The minimum atomic E-state index is 0.332. The average molecular weight is 212 g/mol. The molecule has 1 heteroatoms. The van der Waals surface area contributed by atoms with Crippen LogP contribution in [0.2, 0.25) is 0 Å². The Kier molecular flexibility index (Phi) is 7.76. The lowest BCUT2D eigenvalue weighted by Crippen LogP contribution is -2.12. The summed E-state index contributed by atoms with van der Waals surface area (Å²) in [6.45, 7) is 9.22. The van der Waals surface area contributed by atoms with E-state index in [1.165, 1.54) is 25.7 Å². The Morgan fingerprint density at radius 2 is 1.93 bits per heavy atom. The first-order chi connectivity index (χ1) is 7.02. The summed E-state index contributed by atoms with van der Waals surface area (Å²) in [5.74, 6) is 0.469. The Hall–Kier alpha value is -0.300. The van der Waals surface area contributed by atoms with Crippen molar-refractivity contribution in [3.63, 3.8) is 0 Å². The van der Waals surface area contributed by atoms with Gasteiger partial charge in [0.1, 0.15) is 0 Å². The molecule has 0 aliphatic carbocycles. The van der Waals surface area contributed by atoms with Gasteiger partial charge in [-0.25, -0.2) is 0 Å². The van der Waals surface area contributed by atoms with Crippen molar-refractivity contribution in [2.24, 2.45) is 11.3 Å². The predicted octanol–water partition coefficient (Wildman–Crippen LogP) is 4.17. The number of hydrogen-bond acceptors (Lipinski definition) is 1. The van der Waals surface area contributed by atoms with Crippen molar-refractivity contribution in [3.8, 4) is 0 Å². The summed E-state index contributed by atoms with van der Waals surface area (Å²) in [5.41, 5.74) is 0.453. The van der Waals surface area contributed by atoms with Crippen molar-refractivity contribution in [1.82, 2.24) is 0 Å². The molecular weight excluding hydrogens is 184 g/mol. The third-order valence-corrected chi connectivity index (χ3v) is 3.09. The topological polar surface area (TPSA) is 20.2 Å². The van der Waals surface area contributed by atoms with E-state index in [2.05, 4.69) is 39.8 Å². The molecule has 0 aliphatic heterocycles. The monoisotopic (exact) mass is 212 g/mol. The highest BCUT2D eigenvalue weighted by molar-refractivity contribution is 4.80. The van der Waals surface area contributed by atoms with E-state index < -0.39 is 0 Å². The maximum Gasteiger partial charge on any atom is 0.0456 e. The van der Waals surface area contributed by atoms with Gasteiger partial charge in [-0.1, -0.05) is 39.3 Å². The summed E-state index contributed by atoms with van der Waals surface area (Å²) < 4.78 is 0. The van der Waals surface area contributed by atoms with Crippen molar-refractivity contribution < 1.29 is 5.11 Å². The molecular formula is C14H28O. The first-order valence-electron chi connectivity index (χ1n) is 6.24. The van der Waals surface area contributed by atoms with E-state index in [-0.39, 0.29) is 0 Å². The molecule has 0 bridgehead atoms. The maximum absolute atomic E-state index is 8.93. The largest absolute Gasteiger partial charge is 0.396 e. The fourth-order valence-corrected chi connectivity index (χ4v) is 1.79. The second-order valence-electron chi connectivity index (χ2n) is 5.45. The van der Waals surface area contributed by atoms with Crippen LogP contribution >= 0.6 is 0 Å². The molecule has 1 nitrogen and oxygen atoms in total. The predicted molar refractivity (Wildman–Crippen MR) is 67.9 cm³/mol. The molecule has 0 spiro atoms. The molecule has 0 aromatic carbocycles. The molecule has 90 valence electrons. The smallest absolute Gasteiger partial charge is 0.0456 e. The third-order valence-electron chi connectivity index (χ3n) is 3.09. The lowest BCUT2D eigenvalue weighted by Gasteiger charge is -2.24. The zero-order chi connectivity index (χ0) is 11.7. The zero-order valence-corrected chi connectivity index (χ0v) is 10.9. The summed E-state index contributed by atoms with van der Waals surface area (Å²) in [4.78, 5) is 0. The zero-order valence-electron chi connectivity index (χ0n) is 10.9. The van der Waals surface area contributed by atoms with Gasteiger partial charge in [-0.05, 0) is 43.9 Å². The SMILES string of the molecule is C/C=C/CCC(C)(C)CCCC(C)CO. The first-order valence-corrected chi connectivity index (χ1v) is 6.24. The van der Waals surface area contributed by atoms with Gasteiger partial charge in [0.25, 0.3) is 0 Å². The lowest BCUT2D eigenvalue weighted by atomic mass is 9.82. The summed E-state index contributed by atoms with van der Waals surface area (Å²) in [6, 6.07) is 0. The molecule has 1 N–H and O–H groups in total. The molecule has 0 fully saturated rings. The van der Waals surface area contributed by atoms with E-state index >= 15 is 0 Å². The molecule has 0 heterocycles. The molecule has 0 amide bonds. The van der Waals surface area contributed by atoms with Crippen molar-refractivity contribution in [2.45, 2.75) is 59.8 Å². The van der Waals surface area contributed by atoms with E-state index in [0.29, 0.717) is 17.9 Å². The molecule has 0 radical (unpaired) electrons. The summed E-state index contributed by atoms with van der Waals surface area (Å²) in [5, 5.41) is 8.93. The number of allylic oxidation sites excluding steroid dienone is 2. The molecule has 0 aromatic rings. The fourth-order valence-electron chi connectivity index (χ4n) is 1.79. The minimum absolute atomic E-state index is 0.332. The van der Waals surface area contributed by atoms with Crippen LogP contribution in [-0.2, 0) is 0 Å².